The van der Waals surface area contributed by atoms with E-state index in [2.05, 4.69) is 11.4 Å². The molecule has 0 atom stereocenters. The number of benzene rings is 1. The van der Waals surface area contributed by atoms with Gasteiger partial charge in [-0.15, -0.1) is 0 Å². The van der Waals surface area contributed by atoms with Crippen LogP contribution in [0.3, 0.4) is 0 Å². The van der Waals surface area contributed by atoms with Gasteiger partial charge in [-0.05, 0) is 31.4 Å². The summed E-state index contributed by atoms with van der Waals surface area (Å²) in [7, 11) is 0. The van der Waals surface area contributed by atoms with Crippen LogP contribution >= 0.6 is 0 Å². The molecule has 3 heteroatoms. The quantitative estimate of drug-likeness (QED) is 0.820. The molecule has 0 saturated carbocycles. The zero-order valence-corrected chi connectivity index (χ0v) is 10.7. The first kappa shape index (κ1) is 13.5. The number of aryl methyl sites for hydroxylation is 1. The first-order valence-electron chi connectivity index (χ1n) is 6.01. The molecule has 1 aromatic carbocycles. The molecule has 0 unspecified atom stereocenters. The van der Waals surface area contributed by atoms with Crippen LogP contribution in [-0.4, -0.2) is 17.3 Å². The van der Waals surface area contributed by atoms with Crippen LogP contribution in [0.2, 0.25) is 0 Å². The van der Waals surface area contributed by atoms with E-state index in [-0.39, 0.29) is 12.1 Å². The van der Waals surface area contributed by atoms with Crippen molar-refractivity contribution in [1.29, 1.82) is 5.26 Å². The number of nitriles is 1. The zero-order valence-electron chi connectivity index (χ0n) is 10.7. The van der Waals surface area contributed by atoms with E-state index in [1.165, 1.54) is 0 Å². The standard InChI is InChI=1S/C14H20N2O/c1-4-14(5-2,10-17)16-13-11(3)7-6-8-12(13)9-15/h6-8,16-17H,4-5,10H2,1-3H3. The highest BCUT2D eigenvalue weighted by molar-refractivity contribution is 5.63. The Bertz CT molecular complexity index is 408. The predicted molar refractivity (Wildman–Crippen MR) is 69.9 cm³/mol. The minimum Gasteiger partial charge on any atom is -0.394 e. The van der Waals surface area contributed by atoms with Crippen LogP contribution in [-0.2, 0) is 0 Å². The normalized spacial score (nSPS) is 11.0. The number of para-hydroxylation sites is 1. The second-order valence-electron chi connectivity index (χ2n) is 4.38. The van der Waals surface area contributed by atoms with Gasteiger partial charge in [0, 0.05) is 0 Å². The highest BCUT2D eigenvalue weighted by Gasteiger charge is 2.26. The second kappa shape index (κ2) is 5.70. The predicted octanol–water partition coefficient (Wildman–Crippen LogP) is 2.83. The fraction of sp³-hybridized carbons (Fsp3) is 0.500. The molecule has 1 rings (SSSR count). The maximum absolute atomic E-state index is 9.55. The van der Waals surface area contributed by atoms with Crippen molar-refractivity contribution in [3.63, 3.8) is 0 Å². The number of hydrogen-bond donors (Lipinski definition) is 2. The minimum atomic E-state index is -0.336. The SMILES string of the molecule is CCC(CC)(CO)Nc1c(C)cccc1C#N. The van der Waals surface area contributed by atoms with Gasteiger partial charge in [0.25, 0.3) is 0 Å². The van der Waals surface area contributed by atoms with Crippen LogP contribution in [0.25, 0.3) is 0 Å². The summed E-state index contributed by atoms with van der Waals surface area (Å²) in [5, 5.41) is 22.0. The first-order valence-corrected chi connectivity index (χ1v) is 6.01. The molecule has 0 aliphatic rings. The number of aliphatic hydroxyl groups excluding tert-OH is 1. The maximum atomic E-state index is 9.55. The molecule has 0 aliphatic heterocycles. The largest absolute Gasteiger partial charge is 0.394 e. The molecule has 0 heterocycles. The Balaban J connectivity index is 3.14. The molecule has 0 amide bonds. The lowest BCUT2D eigenvalue weighted by molar-refractivity contribution is 0.202. The number of hydrogen-bond acceptors (Lipinski definition) is 3. The summed E-state index contributed by atoms with van der Waals surface area (Å²) in [5.74, 6) is 0. The average Bonchev–Trinajstić information content (AvgIpc) is 2.38. The number of anilines is 1. The first-order chi connectivity index (χ1) is 8.12. The Kier molecular flexibility index (Phi) is 4.53. The third-order valence-electron chi connectivity index (χ3n) is 3.44. The molecule has 0 bridgehead atoms. The van der Waals surface area contributed by atoms with Crippen LogP contribution in [0.15, 0.2) is 18.2 Å². The molecule has 0 aromatic heterocycles. The summed E-state index contributed by atoms with van der Waals surface area (Å²) in [6.45, 7) is 6.11. The zero-order chi connectivity index (χ0) is 12.9. The van der Waals surface area contributed by atoms with Crippen molar-refractivity contribution in [2.24, 2.45) is 0 Å². The Morgan fingerprint density at radius 2 is 2.00 bits per heavy atom. The van der Waals surface area contributed by atoms with Crippen LogP contribution in [0.5, 0.6) is 0 Å². The Hall–Kier alpha value is -1.53. The molecular formula is C14H20N2O. The van der Waals surface area contributed by atoms with Crippen molar-refractivity contribution in [2.45, 2.75) is 39.2 Å². The monoisotopic (exact) mass is 232 g/mol. The van der Waals surface area contributed by atoms with Gasteiger partial charge in [0.15, 0.2) is 0 Å². The molecule has 0 spiro atoms. The molecular weight excluding hydrogens is 212 g/mol. The van der Waals surface area contributed by atoms with Crippen molar-refractivity contribution in [3.8, 4) is 6.07 Å². The summed E-state index contributed by atoms with van der Waals surface area (Å²) in [4.78, 5) is 0. The van der Waals surface area contributed by atoms with Gasteiger partial charge < -0.3 is 10.4 Å². The molecule has 0 saturated heterocycles. The van der Waals surface area contributed by atoms with Crippen molar-refractivity contribution >= 4 is 5.69 Å². The van der Waals surface area contributed by atoms with Gasteiger partial charge in [0.05, 0.1) is 23.4 Å². The van der Waals surface area contributed by atoms with E-state index < -0.39 is 0 Å². The lowest BCUT2D eigenvalue weighted by Gasteiger charge is -2.33. The maximum Gasteiger partial charge on any atom is 0.101 e. The summed E-state index contributed by atoms with van der Waals surface area (Å²) in [5.41, 5.74) is 2.17. The second-order valence-corrected chi connectivity index (χ2v) is 4.38. The Morgan fingerprint density at radius 3 is 2.47 bits per heavy atom. The van der Waals surface area contributed by atoms with Gasteiger partial charge in [-0.3, -0.25) is 0 Å². The third kappa shape index (κ3) is 2.78. The summed E-state index contributed by atoms with van der Waals surface area (Å²) >= 11 is 0. The van der Waals surface area contributed by atoms with E-state index in [0.717, 1.165) is 24.1 Å². The molecule has 92 valence electrons. The molecule has 0 aliphatic carbocycles. The van der Waals surface area contributed by atoms with Crippen LogP contribution in [0.1, 0.15) is 37.8 Å². The molecule has 17 heavy (non-hydrogen) atoms. The van der Waals surface area contributed by atoms with Gasteiger partial charge >= 0.3 is 0 Å². The molecule has 1 aromatic rings. The minimum absolute atomic E-state index is 0.0687. The lowest BCUT2D eigenvalue weighted by atomic mass is 9.92. The molecule has 0 fully saturated rings. The third-order valence-corrected chi connectivity index (χ3v) is 3.44. The van der Waals surface area contributed by atoms with E-state index in [0.29, 0.717) is 5.56 Å². The lowest BCUT2D eigenvalue weighted by Crippen LogP contribution is -2.41. The topological polar surface area (TPSA) is 56.0 Å². The Morgan fingerprint density at radius 1 is 1.35 bits per heavy atom. The van der Waals surface area contributed by atoms with E-state index in [4.69, 9.17) is 5.26 Å². The van der Waals surface area contributed by atoms with Gasteiger partial charge in [-0.2, -0.15) is 5.26 Å². The van der Waals surface area contributed by atoms with E-state index in [1.807, 2.05) is 32.9 Å². The van der Waals surface area contributed by atoms with Gasteiger partial charge in [0.2, 0.25) is 0 Å². The van der Waals surface area contributed by atoms with Gasteiger partial charge in [-0.25, -0.2) is 0 Å². The van der Waals surface area contributed by atoms with E-state index in [9.17, 15) is 5.11 Å². The van der Waals surface area contributed by atoms with Crippen molar-refractivity contribution < 1.29 is 5.11 Å². The summed E-state index contributed by atoms with van der Waals surface area (Å²) in [6, 6.07) is 7.82. The Labute approximate surface area is 103 Å². The van der Waals surface area contributed by atoms with Gasteiger partial charge in [-0.1, -0.05) is 26.0 Å². The van der Waals surface area contributed by atoms with E-state index >= 15 is 0 Å². The van der Waals surface area contributed by atoms with Crippen molar-refractivity contribution in [2.75, 3.05) is 11.9 Å². The van der Waals surface area contributed by atoms with Crippen LogP contribution in [0.4, 0.5) is 5.69 Å². The highest BCUT2D eigenvalue weighted by Crippen LogP contribution is 2.27. The van der Waals surface area contributed by atoms with Crippen LogP contribution in [0, 0.1) is 18.3 Å². The summed E-state index contributed by atoms with van der Waals surface area (Å²) in [6.07, 6.45) is 1.64. The van der Waals surface area contributed by atoms with Crippen molar-refractivity contribution in [1.82, 2.24) is 0 Å². The number of nitrogens with one attached hydrogen (secondary N) is 1. The number of rotatable bonds is 5. The molecule has 0 radical (unpaired) electrons. The fourth-order valence-electron chi connectivity index (χ4n) is 1.88. The number of nitrogens with zero attached hydrogens (tertiary/aromatic N) is 1. The van der Waals surface area contributed by atoms with Crippen LogP contribution < -0.4 is 5.32 Å². The fourth-order valence-corrected chi connectivity index (χ4v) is 1.88. The smallest absolute Gasteiger partial charge is 0.101 e. The summed E-state index contributed by atoms with van der Waals surface area (Å²) < 4.78 is 0. The molecule has 3 nitrogen and oxygen atoms in total. The number of aliphatic hydroxyl groups is 1. The van der Waals surface area contributed by atoms with E-state index in [1.54, 1.807) is 6.07 Å². The molecule has 2 N–H and O–H groups in total. The average molecular weight is 232 g/mol. The highest BCUT2D eigenvalue weighted by atomic mass is 16.3. The van der Waals surface area contributed by atoms with Gasteiger partial charge in [0.1, 0.15) is 6.07 Å². The van der Waals surface area contributed by atoms with Crippen molar-refractivity contribution in [3.05, 3.63) is 29.3 Å².